The zero-order chi connectivity index (χ0) is 17.2. The topological polar surface area (TPSA) is 48.5 Å². The summed E-state index contributed by atoms with van der Waals surface area (Å²) in [6, 6.07) is 10.8. The average Bonchev–Trinajstić information content (AvgIpc) is 3.46. The van der Waals surface area contributed by atoms with Crippen molar-refractivity contribution in [2.24, 2.45) is 0 Å². The SMILES string of the molecule is O=C(c1cc(NC2CC2)ccn1)N1CCN(c2ccc(F)cc2)CC1. The van der Waals surface area contributed by atoms with E-state index in [0.29, 0.717) is 24.8 Å². The fourth-order valence-corrected chi connectivity index (χ4v) is 3.08. The summed E-state index contributed by atoms with van der Waals surface area (Å²) in [6.45, 7) is 2.74. The van der Waals surface area contributed by atoms with Crippen LogP contribution in [0.25, 0.3) is 0 Å². The van der Waals surface area contributed by atoms with Crippen molar-refractivity contribution in [3.63, 3.8) is 0 Å². The molecule has 0 spiro atoms. The fraction of sp³-hybridized carbons (Fsp3) is 0.368. The molecule has 0 radical (unpaired) electrons. The predicted molar refractivity (Wildman–Crippen MR) is 95.4 cm³/mol. The van der Waals surface area contributed by atoms with Gasteiger partial charge in [0.05, 0.1) is 0 Å². The maximum absolute atomic E-state index is 13.0. The zero-order valence-electron chi connectivity index (χ0n) is 14.0. The molecular weight excluding hydrogens is 319 g/mol. The third-order valence-corrected chi connectivity index (χ3v) is 4.69. The number of anilines is 2. The molecule has 25 heavy (non-hydrogen) atoms. The van der Waals surface area contributed by atoms with Crippen LogP contribution in [0.3, 0.4) is 0 Å². The summed E-state index contributed by atoms with van der Waals surface area (Å²) in [5, 5.41) is 3.40. The molecule has 1 aliphatic heterocycles. The van der Waals surface area contributed by atoms with Crippen LogP contribution in [0.2, 0.25) is 0 Å². The number of amides is 1. The molecule has 1 N–H and O–H groups in total. The minimum Gasteiger partial charge on any atom is -0.382 e. The van der Waals surface area contributed by atoms with Crippen LogP contribution in [0.5, 0.6) is 0 Å². The van der Waals surface area contributed by atoms with Gasteiger partial charge in [0.2, 0.25) is 0 Å². The molecule has 2 aliphatic rings. The van der Waals surface area contributed by atoms with Gasteiger partial charge in [0, 0.05) is 49.8 Å². The molecule has 1 saturated carbocycles. The Hall–Kier alpha value is -2.63. The quantitative estimate of drug-likeness (QED) is 0.930. The Labute approximate surface area is 146 Å². The molecule has 4 rings (SSSR count). The fourth-order valence-electron chi connectivity index (χ4n) is 3.08. The van der Waals surface area contributed by atoms with Crippen LogP contribution in [0.15, 0.2) is 42.6 Å². The summed E-state index contributed by atoms with van der Waals surface area (Å²) in [5.41, 5.74) is 2.44. The first-order valence-corrected chi connectivity index (χ1v) is 8.71. The van der Waals surface area contributed by atoms with E-state index in [4.69, 9.17) is 0 Å². The first-order valence-electron chi connectivity index (χ1n) is 8.71. The third-order valence-electron chi connectivity index (χ3n) is 4.69. The highest BCUT2D eigenvalue weighted by atomic mass is 19.1. The molecule has 0 unspecified atom stereocenters. The lowest BCUT2D eigenvalue weighted by Crippen LogP contribution is -2.49. The number of benzene rings is 1. The largest absolute Gasteiger partial charge is 0.382 e. The van der Waals surface area contributed by atoms with Gasteiger partial charge in [0.1, 0.15) is 11.5 Å². The molecule has 1 aromatic carbocycles. The third kappa shape index (κ3) is 3.73. The lowest BCUT2D eigenvalue weighted by atomic mass is 10.2. The minimum atomic E-state index is -0.233. The van der Waals surface area contributed by atoms with E-state index in [1.807, 2.05) is 17.0 Å². The Morgan fingerprint density at radius 2 is 1.80 bits per heavy atom. The molecular formula is C19H21FN4O. The van der Waals surface area contributed by atoms with Crippen LogP contribution >= 0.6 is 0 Å². The van der Waals surface area contributed by atoms with E-state index >= 15 is 0 Å². The molecule has 1 aliphatic carbocycles. The van der Waals surface area contributed by atoms with Gasteiger partial charge >= 0.3 is 0 Å². The van der Waals surface area contributed by atoms with Gasteiger partial charge in [-0.3, -0.25) is 9.78 Å². The van der Waals surface area contributed by atoms with Crippen LogP contribution in [0, 0.1) is 5.82 Å². The number of carbonyl (C=O) groups is 1. The van der Waals surface area contributed by atoms with Crippen LogP contribution in [-0.4, -0.2) is 48.0 Å². The van der Waals surface area contributed by atoms with Gasteiger partial charge in [-0.05, 0) is 49.2 Å². The van der Waals surface area contributed by atoms with Crippen LogP contribution in [-0.2, 0) is 0 Å². The molecule has 2 fully saturated rings. The van der Waals surface area contributed by atoms with E-state index < -0.39 is 0 Å². The lowest BCUT2D eigenvalue weighted by Gasteiger charge is -2.36. The van der Waals surface area contributed by atoms with E-state index in [1.54, 1.807) is 18.3 Å². The second-order valence-corrected chi connectivity index (χ2v) is 6.60. The molecule has 0 atom stereocenters. The van der Waals surface area contributed by atoms with Crippen LogP contribution in [0.1, 0.15) is 23.3 Å². The smallest absolute Gasteiger partial charge is 0.272 e. The van der Waals surface area contributed by atoms with E-state index in [-0.39, 0.29) is 11.7 Å². The van der Waals surface area contributed by atoms with Crippen molar-refractivity contribution in [2.45, 2.75) is 18.9 Å². The van der Waals surface area contributed by atoms with Crippen molar-refractivity contribution in [1.82, 2.24) is 9.88 Å². The molecule has 2 heterocycles. The van der Waals surface area contributed by atoms with E-state index in [0.717, 1.165) is 24.5 Å². The van der Waals surface area contributed by atoms with Crippen molar-refractivity contribution in [1.29, 1.82) is 0 Å². The Morgan fingerprint density at radius 3 is 2.48 bits per heavy atom. The highest BCUT2D eigenvalue weighted by Crippen LogP contribution is 2.25. The number of halogens is 1. The Balaban J connectivity index is 1.38. The zero-order valence-corrected chi connectivity index (χ0v) is 14.0. The number of hydrogen-bond donors (Lipinski definition) is 1. The Bertz CT molecular complexity index is 752. The average molecular weight is 340 g/mol. The number of rotatable bonds is 4. The van der Waals surface area contributed by atoms with Gasteiger partial charge in [-0.2, -0.15) is 0 Å². The van der Waals surface area contributed by atoms with Crippen molar-refractivity contribution in [3.05, 3.63) is 54.1 Å². The number of aromatic nitrogens is 1. The minimum absolute atomic E-state index is 0.0294. The first kappa shape index (κ1) is 15.9. The summed E-state index contributed by atoms with van der Waals surface area (Å²) < 4.78 is 13.0. The van der Waals surface area contributed by atoms with Crippen molar-refractivity contribution in [2.75, 3.05) is 36.4 Å². The van der Waals surface area contributed by atoms with Crippen molar-refractivity contribution >= 4 is 17.3 Å². The second-order valence-electron chi connectivity index (χ2n) is 6.60. The van der Waals surface area contributed by atoms with E-state index in [2.05, 4.69) is 15.2 Å². The maximum Gasteiger partial charge on any atom is 0.272 e. The molecule has 1 amide bonds. The van der Waals surface area contributed by atoms with Gasteiger partial charge < -0.3 is 15.1 Å². The number of piperazine rings is 1. The van der Waals surface area contributed by atoms with E-state index in [9.17, 15) is 9.18 Å². The standard InChI is InChI=1S/C19H21FN4O/c20-14-1-5-17(6-2-14)23-9-11-24(12-10-23)19(25)18-13-16(7-8-21-18)22-15-3-4-15/h1-2,5-8,13,15H,3-4,9-12H2,(H,21,22). The Kier molecular flexibility index (Phi) is 4.26. The summed E-state index contributed by atoms with van der Waals surface area (Å²) in [7, 11) is 0. The second kappa shape index (κ2) is 6.70. The summed E-state index contributed by atoms with van der Waals surface area (Å²) in [5.74, 6) is -0.262. The first-order chi connectivity index (χ1) is 12.2. The van der Waals surface area contributed by atoms with Gasteiger partial charge in [-0.15, -0.1) is 0 Å². The predicted octanol–water partition coefficient (Wildman–Crippen LogP) is 2.76. The monoisotopic (exact) mass is 340 g/mol. The molecule has 6 heteroatoms. The van der Waals surface area contributed by atoms with Gasteiger partial charge in [-0.25, -0.2) is 4.39 Å². The summed E-state index contributed by atoms with van der Waals surface area (Å²) in [6.07, 6.45) is 4.07. The summed E-state index contributed by atoms with van der Waals surface area (Å²) in [4.78, 5) is 21.0. The number of carbonyl (C=O) groups excluding carboxylic acids is 1. The van der Waals surface area contributed by atoms with Crippen LogP contribution < -0.4 is 10.2 Å². The number of pyridine rings is 1. The summed E-state index contributed by atoms with van der Waals surface area (Å²) >= 11 is 0. The molecule has 0 bridgehead atoms. The number of nitrogens with zero attached hydrogens (tertiary/aromatic N) is 3. The maximum atomic E-state index is 13.0. The van der Waals surface area contributed by atoms with Crippen LogP contribution in [0.4, 0.5) is 15.8 Å². The van der Waals surface area contributed by atoms with Gasteiger partial charge in [-0.1, -0.05) is 0 Å². The highest BCUT2D eigenvalue weighted by Gasteiger charge is 2.24. The van der Waals surface area contributed by atoms with E-state index in [1.165, 1.54) is 25.0 Å². The highest BCUT2D eigenvalue weighted by molar-refractivity contribution is 5.93. The van der Waals surface area contributed by atoms with Crippen molar-refractivity contribution in [3.8, 4) is 0 Å². The molecule has 5 nitrogen and oxygen atoms in total. The Morgan fingerprint density at radius 1 is 1.08 bits per heavy atom. The van der Waals surface area contributed by atoms with Crippen molar-refractivity contribution < 1.29 is 9.18 Å². The number of hydrogen-bond acceptors (Lipinski definition) is 4. The molecule has 1 saturated heterocycles. The number of nitrogens with one attached hydrogen (secondary N) is 1. The van der Waals surface area contributed by atoms with Gasteiger partial charge in [0.15, 0.2) is 0 Å². The normalized spacial score (nSPS) is 17.5. The molecule has 130 valence electrons. The van der Waals surface area contributed by atoms with Gasteiger partial charge in [0.25, 0.3) is 5.91 Å². The molecule has 1 aromatic heterocycles. The molecule has 2 aromatic rings. The lowest BCUT2D eigenvalue weighted by molar-refractivity contribution is 0.0741.